The number of pyridine rings is 1. The van der Waals surface area contributed by atoms with Crippen LogP contribution in [0.25, 0.3) is 22.3 Å². The number of para-hydroxylation sites is 1. The second kappa shape index (κ2) is 5.13. The third-order valence-corrected chi connectivity index (χ3v) is 3.12. The zero-order chi connectivity index (χ0) is 13.9. The summed E-state index contributed by atoms with van der Waals surface area (Å²) < 4.78 is 6.46. The van der Waals surface area contributed by atoms with Crippen LogP contribution in [-0.2, 0) is 16.1 Å². The van der Waals surface area contributed by atoms with Gasteiger partial charge in [-0.25, -0.2) is 4.98 Å². The largest absolute Gasteiger partial charge is 0.468 e. The first kappa shape index (κ1) is 12.3. The summed E-state index contributed by atoms with van der Waals surface area (Å²) in [6.07, 6.45) is 3.40. The van der Waals surface area contributed by atoms with Crippen molar-refractivity contribution in [1.29, 1.82) is 0 Å². The van der Waals surface area contributed by atoms with Gasteiger partial charge in [-0.15, -0.1) is 0 Å². The van der Waals surface area contributed by atoms with E-state index in [-0.39, 0.29) is 12.5 Å². The number of rotatable bonds is 3. The molecule has 20 heavy (non-hydrogen) atoms. The van der Waals surface area contributed by atoms with Crippen molar-refractivity contribution in [3.63, 3.8) is 0 Å². The number of hydrogen-bond donors (Lipinski definition) is 0. The van der Waals surface area contributed by atoms with Crippen LogP contribution in [0, 0.1) is 0 Å². The lowest BCUT2D eigenvalue weighted by atomic mass is 10.1. The van der Waals surface area contributed by atoms with E-state index in [1.165, 1.54) is 7.11 Å². The van der Waals surface area contributed by atoms with Gasteiger partial charge in [-0.1, -0.05) is 18.2 Å². The van der Waals surface area contributed by atoms with Gasteiger partial charge in [0.2, 0.25) is 0 Å². The molecule has 0 unspecified atom stereocenters. The van der Waals surface area contributed by atoms with E-state index < -0.39 is 0 Å². The number of ether oxygens (including phenoxy) is 1. The van der Waals surface area contributed by atoms with Crippen LogP contribution in [0.4, 0.5) is 0 Å². The molecule has 0 saturated carbocycles. The number of nitrogens with zero attached hydrogens (tertiary/aromatic N) is 3. The van der Waals surface area contributed by atoms with Gasteiger partial charge in [0.1, 0.15) is 6.54 Å². The monoisotopic (exact) mass is 267 g/mol. The minimum absolute atomic E-state index is 0.151. The van der Waals surface area contributed by atoms with Crippen LogP contribution in [0.2, 0.25) is 0 Å². The quantitative estimate of drug-likeness (QED) is 0.683. The fraction of sp³-hybridized carbons (Fsp3) is 0.133. The van der Waals surface area contributed by atoms with Crippen molar-refractivity contribution in [2.45, 2.75) is 6.54 Å². The Bertz CT molecular complexity index is 750. The highest BCUT2D eigenvalue weighted by Gasteiger charge is 2.11. The number of imidazole rings is 1. The summed E-state index contributed by atoms with van der Waals surface area (Å²) in [5, 5.41) is 0. The molecule has 0 saturated heterocycles. The van der Waals surface area contributed by atoms with E-state index in [0.717, 1.165) is 22.3 Å². The first-order chi connectivity index (χ1) is 9.79. The number of carbonyl (C=O) groups is 1. The standard InChI is InChI=1S/C15H13N3O2/c1-20-14(19)9-18-10-17-15-11(5-4-7-13(15)18)12-6-2-3-8-16-12/h2-8,10H,9H2,1H3. The van der Waals surface area contributed by atoms with E-state index >= 15 is 0 Å². The maximum absolute atomic E-state index is 11.4. The molecular weight excluding hydrogens is 254 g/mol. The van der Waals surface area contributed by atoms with Crippen LogP contribution in [0.15, 0.2) is 48.9 Å². The summed E-state index contributed by atoms with van der Waals surface area (Å²) in [5.74, 6) is -0.299. The molecule has 0 spiro atoms. The molecule has 0 amide bonds. The molecule has 0 aliphatic heterocycles. The Morgan fingerprint density at radius 1 is 1.20 bits per heavy atom. The van der Waals surface area contributed by atoms with Gasteiger partial charge in [-0.05, 0) is 18.2 Å². The predicted molar refractivity (Wildman–Crippen MR) is 75.0 cm³/mol. The summed E-state index contributed by atoms with van der Waals surface area (Å²) in [7, 11) is 1.38. The van der Waals surface area contributed by atoms with Gasteiger partial charge in [-0.2, -0.15) is 0 Å². The predicted octanol–water partition coefficient (Wildman–Crippen LogP) is 2.27. The lowest BCUT2D eigenvalue weighted by molar-refractivity contribution is -0.141. The van der Waals surface area contributed by atoms with Crippen LogP contribution in [0.5, 0.6) is 0 Å². The molecule has 0 radical (unpaired) electrons. The Hall–Kier alpha value is -2.69. The highest BCUT2D eigenvalue weighted by Crippen LogP contribution is 2.25. The van der Waals surface area contributed by atoms with E-state index in [0.29, 0.717) is 0 Å². The van der Waals surface area contributed by atoms with Crippen LogP contribution < -0.4 is 0 Å². The Labute approximate surface area is 115 Å². The zero-order valence-electron chi connectivity index (χ0n) is 11.0. The summed E-state index contributed by atoms with van der Waals surface area (Å²) in [6, 6.07) is 11.6. The average Bonchev–Trinajstić information content (AvgIpc) is 2.91. The zero-order valence-corrected chi connectivity index (χ0v) is 11.0. The van der Waals surface area contributed by atoms with Gasteiger partial charge in [0.05, 0.1) is 30.2 Å². The normalized spacial score (nSPS) is 10.7. The van der Waals surface area contributed by atoms with Gasteiger partial charge in [-0.3, -0.25) is 9.78 Å². The Balaban J connectivity index is 2.11. The lowest BCUT2D eigenvalue weighted by Gasteiger charge is -2.04. The Morgan fingerprint density at radius 2 is 2.10 bits per heavy atom. The van der Waals surface area contributed by atoms with E-state index in [4.69, 9.17) is 0 Å². The molecular formula is C15H13N3O2. The third kappa shape index (κ3) is 2.14. The Morgan fingerprint density at radius 3 is 2.85 bits per heavy atom. The third-order valence-electron chi connectivity index (χ3n) is 3.12. The molecule has 2 heterocycles. The second-order valence-electron chi connectivity index (χ2n) is 4.34. The van der Waals surface area contributed by atoms with Crippen molar-refractivity contribution >= 4 is 17.0 Å². The van der Waals surface area contributed by atoms with Crippen LogP contribution in [-0.4, -0.2) is 27.6 Å². The SMILES string of the molecule is COC(=O)Cn1cnc2c(-c3ccccn3)cccc21. The smallest absolute Gasteiger partial charge is 0.325 e. The number of hydrogen-bond acceptors (Lipinski definition) is 4. The van der Waals surface area contributed by atoms with E-state index in [1.807, 2.05) is 36.4 Å². The molecule has 0 aliphatic rings. The Kier molecular flexibility index (Phi) is 3.16. The van der Waals surface area contributed by atoms with Crippen LogP contribution in [0.3, 0.4) is 0 Å². The fourth-order valence-electron chi connectivity index (χ4n) is 2.15. The first-order valence-electron chi connectivity index (χ1n) is 6.21. The molecule has 0 fully saturated rings. The maximum atomic E-state index is 11.4. The van der Waals surface area contributed by atoms with Gasteiger partial charge >= 0.3 is 5.97 Å². The molecule has 0 N–H and O–H groups in total. The van der Waals surface area contributed by atoms with Crippen molar-refractivity contribution in [1.82, 2.24) is 14.5 Å². The highest BCUT2D eigenvalue weighted by atomic mass is 16.5. The molecule has 100 valence electrons. The average molecular weight is 267 g/mol. The molecule has 3 aromatic rings. The van der Waals surface area contributed by atoms with Crippen LogP contribution >= 0.6 is 0 Å². The topological polar surface area (TPSA) is 57.0 Å². The minimum atomic E-state index is -0.299. The van der Waals surface area contributed by atoms with E-state index in [1.54, 1.807) is 17.1 Å². The second-order valence-corrected chi connectivity index (χ2v) is 4.34. The number of carbonyl (C=O) groups excluding carboxylic acids is 1. The minimum Gasteiger partial charge on any atom is -0.468 e. The lowest BCUT2D eigenvalue weighted by Crippen LogP contribution is -2.10. The number of esters is 1. The van der Waals surface area contributed by atoms with Crippen molar-refractivity contribution in [2.75, 3.05) is 7.11 Å². The van der Waals surface area contributed by atoms with E-state index in [2.05, 4.69) is 14.7 Å². The van der Waals surface area contributed by atoms with Gasteiger partial charge in [0, 0.05) is 11.8 Å². The van der Waals surface area contributed by atoms with Crippen LogP contribution in [0.1, 0.15) is 0 Å². The first-order valence-corrected chi connectivity index (χ1v) is 6.21. The molecule has 3 rings (SSSR count). The summed E-state index contributed by atoms with van der Waals surface area (Å²) in [6.45, 7) is 0.151. The molecule has 0 bridgehead atoms. The van der Waals surface area contributed by atoms with Gasteiger partial charge in [0.25, 0.3) is 0 Å². The summed E-state index contributed by atoms with van der Waals surface area (Å²) in [5.41, 5.74) is 3.53. The van der Waals surface area contributed by atoms with Gasteiger partial charge < -0.3 is 9.30 Å². The fourth-order valence-corrected chi connectivity index (χ4v) is 2.15. The number of benzene rings is 1. The van der Waals surface area contributed by atoms with Gasteiger partial charge in [0.15, 0.2) is 0 Å². The highest BCUT2D eigenvalue weighted by molar-refractivity contribution is 5.91. The van der Waals surface area contributed by atoms with E-state index in [9.17, 15) is 4.79 Å². The number of aromatic nitrogens is 3. The summed E-state index contributed by atoms with van der Waals surface area (Å²) >= 11 is 0. The number of fused-ring (bicyclic) bond motifs is 1. The molecule has 2 aromatic heterocycles. The number of methoxy groups -OCH3 is 1. The molecule has 5 nitrogen and oxygen atoms in total. The summed E-state index contributed by atoms with van der Waals surface area (Å²) in [4.78, 5) is 20.1. The molecule has 0 atom stereocenters. The van der Waals surface area contributed by atoms with Crippen molar-refractivity contribution < 1.29 is 9.53 Å². The van der Waals surface area contributed by atoms with Crippen molar-refractivity contribution in [3.8, 4) is 11.3 Å². The van der Waals surface area contributed by atoms with Crippen molar-refractivity contribution in [2.24, 2.45) is 0 Å². The molecule has 0 aliphatic carbocycles. The van der Waals surface area contributed by atoms with Crippen molar-refractivity contribution in [3.05, 3.63) is 48.9 Å². The molecule has 1 aromatic carbocycles. The maximum Gasteiger partial charge on any atom is 0.325 e. The molecule has 5 heteroatoms.